The number of amides is 1. The molecule has 6 heteroatoms. The molecule has 0 atom stereocenters. The number of rotatable bonds is 6. The molecule has 0 unspecified atom stereocenters. The number of benzene rings is 2. The van der Waals surface area contributed by atoms with Gasteiger partial charge in [-0.25, -0.2) is 9.97 Å². The van der Waals surface area contributed by atoms with Gasteiger partial charge in [-0.1, -0.05) is 72.4 Å². The van der Waals surface area contributed by atoms with Crippen LogP contribution in [0.4, 0.5) is 5.69 Å². The Hall–Kier alpha value is -3.51. The Morgan fingerprint density at radius 2 is 1.45 bits per heavy atom. The minimum Gasteiger partial charge on any atom is -0.324 e. The topological polar surface area (TPSA) is 67.8 Å². The van der Waals surface area contributed by atoms with E-state index in [2.05, 4.69) is 20.3 Å². The van der Waals surface area contributed by atoms with Crippen molar-refractivity contribution in [1.82, 2.24) is 15.0 Å². The van der Waals surface area contributed by atoms with Crippen molar-refractivity contribution in [3.05, 3.63) is 91.3 Å². The van der Waals surface area contributed by atoms with Crippen molar-refractivity contribution in [2.24, 2.45) is 0 Å². The van der Waals surface area contributed by atoms with Crippen molar-refractivity contribution < 1.29 is 4.79 Å². The molecule has 0 saturated heterocycles. The maximum atomic E-state index is 12.3. The van der Waals surface area contributed by atoms with Crippen molar-refractivity contribution in [3.8, 4) is 22.5 Å². The third-order valence-electron chi connectivity index (χ3n) is 4.12. The Labute approximate surface area is 173 Å². The lowest BCUT2D eigenvalue weighted by Gasteiger charge is -2.09. The average molecular weight is 398 g/mol. The molecule has 4 aromatic rings. The molecule has 2 aromatic carbocycles. The minimum atomic E-state index is -0.127. The summed E-state index contributed by atoms with van der Waals surface area (Å²) in [5.74, 6) is 0.0828. The molecule has 0 aliphatic heterocycles. The maximum absolute atomic E-state index is 12.3. The van der Waals surface area contributed by atoms with Crippen LogP contribution in [0.5, 0.6) is 0 Å². The first kappa shape index (κ1) is 18.8. The largest absolute Gasteiger partial charge is 0.324 e. The first-order valence-electron chi connectivity index (χ1n) is 9.10. The van der Waals surface area contributed by atoms with Gasteiger partial charge in [0.15, 0.2) is 5.16 Å². The molecule has 5 nitrogen and oxygen atoms in total. The molecular formula is C23H18N4OS. The Morgan fingerprint density at radius 1 is 0.828 bits per heavy atom. The van der Waals surface area contributed by atoms with E-state index in [0.717, 1.165) is 22.5 Å². The number of pyridine rings is 1. The van der Waals surface area contributed by atoms with E-state index in [1.54, 1.807) is 24.5 Å². The lowest BCUT2D eigenvalue weighted by molar-refractivity contribution is -0.113. The van der Waals surface area contributed by atoms with Crippen molar-refractivity contribution in [3.63, 3.8) is 0 Å². The van der Waals surface area contributed by atoms with Gasteiger partial charge in [0.2, 0.25) is 5.91 Å². The van der Waals surface area contributed by atoms with Crippen molar-refractivity contribution in [2.45, 2.75) is 5.16 Å². The van der Waals surface area contributed by atoms with E-state index in [4.69, 9.17) is 0 Å². The van der Waals surface area contributed by atoms with Crippen LogP contribution in [0, 0.1) is 0 Å². The summed E-state index contributed by atoms with van der Waals surface area (Å²) in [7, 11) is 0. The summed E-state index contributed by atoms with van der Waals surface area (Å²) in [6, 6.07) is 25.5. The zero-order valence-electron chi connectivity index (χ0n) is 15.5. The first-order chi connectivity index (χ1) is 14.3. The second-order valence-electron chi connectivity index (χ2n) is 6.23. The molecular weight excluding hydrogens is 380 g/mol. The van der Waals surface area contributed by atoms with Gasteiger partial charge in [0.1, 0.15) is 0 Å². The van der Waals surface area contributed by atoms with Gasteiger partial charge in [-0.2, -0.15) is 0 Å². The van der Waals surface area contributed by atoms with E-state index >= 15 is 0 Å². The summed E-state index contributed by atoms with van der Waals surface area (Å²) < 4.78 is 0. The number of carbonyl (C=O) groups is 1. The van der Waals surface area contributed by atoms with Crippen LogP contribution in [0.25, 0.3) is 22.5 Å². The number of nitrogens with zero attached hydrogens (tertiary/aromatic N) is 3. The number of thioether (sulfide) groups is 1. The standard InChI is InChI=1S/C23H18N4OS/c28-22(25-19-12-7-13-24-15-19)16-29-23-26-20(17-8-3-1-4-9-17)14-21(27-23)18-10-5-2-6-11-18/h1-15H,16H2,(H,25,28). The van der Waals surface area contributed by atoms with Crippen LogP contribution in [0.1, 0.15) is 0 Å². The van der Waals surface area contributed by atoms with Crippen LogP contribution in [-0.2, 0) is 4.79 Å². The molecule has 2 heterocycles. The second-order valence-corrected chi connectivity index (χ2v) is 7.17. The highest BCUT2D eigenvalue weighted by molar-refractivity contribution is 7.99. The van der Waals surface area contributed by atoms with Gasteiger partial charge < -0.3 is 5.32 Å². The third kappa shape index (κ3) is 5.06. The van der Waals surface area contributed by atoms with Crippen molar-refractivity contribution >= 4 is 23.4 Å². The van der Waals surface area contributed by atoms with Crippen LogP contribution < -0.4 is 5.32 Å². The number of hydrogen-bond donors (Lipinski definition) is 1. The molecule has 0 radical (unpaired) electrons. The Bertz CT molecular complexity index is 1030. The monoisotopic (exact) mass is 398 g/mol. The summed E-state index contributed by atoms with van der Waals surface area (Å²) in [6.07, 6.45) is 3.28. The van der Waals surface area contributed by atoms with Gasteiger partial charge in [-0.15, -0.1) is 0 Å². The summed E-state index contributed by atoms with van der Waals surface area (Å²) in [5, 5.41) is 3.39. The molecule has 0 saturated carbocycles. The Morgan fingerprint density at radius 3 is 2.00 bits per heavy atom. The number of nitrogens with one attached hydrogen (secondary N) is 1. The molecule has 0 aliphatic carbocycles. The van der Waals surface area contributed by atoms with Crippen LogP contribution in [0.15, 0.2) is 96.4 Å². The van der Waals surface area contributed by atoms with Gasteiger partial charge in [-0.3, -0.25) is 9.78 Å². The summed E-state index contributed by atoms with van der Waals surface area (Å²) in [4.78, 5) is 25.6. The van der Waals surface area contributed by atoms with Gasteiger partial charge in [0.05, 0.1) is 29.0 Å². The van der Waals surface area contributed by atoms with E-state index in [1.807, 2.05) is 66.7 Å². The number of carbonyl (C=O) groups excluding carboxylic acids is 1. The zero-order valence-corrected chi connectivity index (χ0v) is 16.3. The highest BCUT2D eigenvalue weighted by Crippen LogP contribution is 2.26. The number of anilines is 1. The third-order valence-corrected chi connectivity index (χ3v) is 4.97. The van der Waals surface area contributed by atoms with Gasteiger partial charge in [-0.05, 0) is 18.2 Å². The van der Waals surface area contributed by atoms with E-state index in [9.17, 15) is 4.79 Å². The van der Waals surface area contributed by atoms with Crippen LogP contribution in [0.3, 0.4) is 0 Å². The van der Waals surface area contributed by atoms with Gasteiger partial charge in [0, 0.05) is 17.3 Å². The van der Waals surface area contributed by atoms with E-state index in [0.29, 0.717) is 10.8 Å². The lowest BCUT2D eigenvalue weighted by Crippen LogP contribution is -2.14. The second kappa shape index (κ2) is 9.12. The highest BCUT2D eigenvalue weighted by Gasteiger charge is 2.11. The van der Waals surface area contributed by atoms with E-state index < -0.39 is 0 Å². The fourth-order valence-corrected chi connectivity index (χ4v) is 3.43. The van der Waals surface area contributed by atoms with E-state index in [-0.39, 0.29) is 11.7 Å². The van der Waals surface area contributed by atoms with Crippen LogP contribution in [0.2, 0.25) is 0 Å². The Balaban J connectivity index is 1.58. The fraction of sp³-hybridized carbons (Fsp3) is 0.0435. The predicted molar refractivity (Wildman–Crippen MR) is 116 cm³/mol. The SMILES string of the molecule is O=C(CSc1nc(-c2ccccc2)cc(-c2ccccc2)n1)Nc1cccnc1. The van der Waals surface area contributed by atoms with Crippen LogP contribution >= 0.6 is 11.8 Å². The Kier molecular flexibility index (Phi) is 5.92. The van der Waals surface area contributed by atoms with Gasteiger partial charge >= 0.3 is 0 Å². The lowest BCUT2D eigenvalue weighted by atomic mass is 10.1. The molecule has 0 bridgehead atoms. The molecule has 4 rings (SSSR count). The molecule has 142 valence electrons. The average Bonchev–Trinajstić information content (AvgIpc) is 2.79. The van der Waals surface area contributed by atoms with E-state index in [1.165, 1.54) is 11.8 Å². The molecule has 0 aliphatic rings. The minimum absolute atomic E-state index is 0.127. The molecule has 2 aromatic heterocycles. The van der Waals surface area contributed by atoms with Gasteiger partial charge in [0.25, 0.3) is 0 Å². The summed E-state index contributed by atoms with van der Waals surface area (Å²) in [6.45, 7) is 0. The molecule has 29 heavy (non-hydrogen) atoms. The highest BCUT2D eigenvalue weighted by atomic mass is 32.2. The van der Waals surface area contributed by atoms with Crippen LogP contribution in [-0.4, -0.2) is 26.6 Å². The molecule has 0 fully saturated rings. The molecule has 0 spiro atoms. The molecule has 1 amide bonds. The summed E-state index contributed by atoms with van der Waals surface area (Å²) >= 11 is 1.31. The number of hydrogen-bond acceptors (Lipinski definition) is 5. The maximum Gasteiger partial charge on any atom is 0.234 e. The van der Waals surface area contributed by atoms with Crippen molar-refractivity contribution in [2.75, 3.05) is 11.1 Å². The summed E-state index contributed by atoms with van der Waals surface area (Å²) in [5.41, 5.74) is 4.34. The zero-order chi connectivity index (χ0) is 19.9. The fourth-order valence-electron chi connectivity index (χ4n) is 2.77. The smallest absolute Gasteiger partial charge is 0.234 e. The van der Waals surface area contributed by atoms with Crippen molar-refractivity contribution in [1.29, 1.82) is 0 Å². The first-order valence-corrected chi connectivity index (χ1v) is 10.1. The normalized spacial score (nSPS) is 10.5. The molecule has 1 N–H and O–H groups in total. The number of aromatic nitrogens is 3. The quantitative estimate of drug-likeness (QED) is 0.368. The predicted octanol–water partition coefficient (Wildman–Crippen LogP) is 4.94.